The second-order valence-electron chi connectivity index (χ2n) is 4.21. The van der Waals surface area contributed by atoms with Gasteiger partial charge in [-0.1, -0.05) is 12.1 Å². The molecule has 1 aliphatic heterocycles. The van der Waals surface area contributed by atoms with Gasteiger partial charge in [0, 0.05) is 32.7 Å². The van der Waals surface area contributed by atoms with Crippen molar-refractivity contribution in [1.82, 2.24) is 9.80 Å². The van der Waals surface area contributed by atoms with Crippen LogP contribution in [0.3, 0.4) is 0 Å². The van der Waals surface area contributed by atoms with Gasteiger partial charge in [0.25, 0.3) is 5.91 Å². The molecule has 2 rings (SSSR count). The van der Waals surface area contributed by atoms with E-state index in [1.165, 1.54) is 11.3 Å². The first-order valence-electron chi connectivity index (χ1n) is 5.97. The summed E-state index contributed by atoms with van der Waals surface area (Å²) in [5, 5.41) is 1.95. The quantitative estimate of drug-likeness (QED) is 0.767. The van der Waals surface area contributed by atoms with E-state index in [4.69, 9.17) is 0 Å². The molecule has 92 valence electrons. The van der Waals surface area contributed by atoms with Gasteiger partial charge >= 0.3 is 0 Å². The molecular formula is C13H18N2OS. The Kier molecular flexibility index (Phi) is 4.34. The van der Waals surface area contributed by atoms with Crippen LogP contribution >= 0.6 is 11.3 Å². The van der Waals surface area contributed by atoms with E-state index in [1.807, 2.05) is 28.5 Å². The number of amides is 1. The van der Waals surface area contributed by atoms with Crippen LogP contribution in [0, 0.1) is 0 Å². The SMILES string of the molecule is C=CCN1CCCN(C(=O)c2cccs2)CC1. The zero-order valence-corrected chi connectivity index (χ0v) is 10.8. The zero-order chi connectivity index (χ0) is 12.1. The molecule has 0 saturated carbocycles. The molecule has 0 aromatic carbocycles. The van der Waals surface area contributed by atoms with E-state index in [0.717, 1.165) is 44.0 Å². The topological polar surface area (TPSA) is 23.6 Å². The molecule has 3 nitrogen and oxygen atoms in total. The minimum Gasteiger partial charge on any atom is -0.337 e. The summed E-state index contributed by atoms with van der Waals surface area (Å²) in [7, 11) is 0. The summed E-state index contributed by atoms with van der Waals surface area (Å²) < 4.78 is 0. The van der Waals surface area contributed by atoms with E-state index in [2.05, 4.69) is 11.5 Å². The van der Waals surface area contributed by atoms with Crippen molar-refractivity contribution in [3.63, 3.8) is 0 Å². The number of hydrogen-bond donors (Lipinski definition) is 0. The lowest BCUT2D eigenvalue weighted by Crippen LogP contribution is -2.34. The number of nitrogens with zero attached hydrogens (tertiary/aromatic N) is 2. The molecule has 1 aromatic heterocycles. The second kappa shape index (κ2) is 5.98. The number of thiophene rings is 1. The molecule has 4 heteroatoms. The normalized spacial score (nSPS) is 17.8. The van der Waals surface area contributed by atoms with Gasteiger partial charge in [-0.3, -0.25) is 9.69 Å². The molecule has 17 heavy (non-hydrogen) atoms. The fourth-order valence-electron chi connectivity index (χ4n) is 2.10. The van der Waals surface area contributed by atoms with E-state index in [-0.39, 0.29) is 5.91 Å². The zero-order valence-electron chi connectivity index (χ0n) is 9.97. The standard InChI is InChI=1S/C13H18N2OS/c1-2-6-14-7-4-8-15(10-9-14)13(16)12-5-3-11-17-12/h2-3,5,11H,1,4,6-10H2. The van der Waals surface area contributed by atoms with E-state index >= 15 is 0 Å². The number of carbonyl (C=O) groups excluding carboxylic acids is 1. The van der Waals surface area contributed by atoms with E-state index in [1.54, 1.807) is 0 Å². The third-order valence-electron chi connectivity index (χ3n) is 2.99. The third-order valence-corrected chi connectivity index (χ3v) is 3.85. The first-order chi connectivity index (χ1) is 8.31. The predicted molar refractivity (Wildman–Crippen MR) is 71.5 cm³/mol. The van der Waals surface area contributed by atoms with Crippen LogP contribution in [0.2, 0.25) is 0 Å². The van der Waals surface area contributed by atoms with Crippen LogP contribution in [0.1, 0.15) is 16.1 Å². The highest BCUT2D eigenvalue weighted by Crippen LogP contribution is 2.13. The maximum absolute atomic E-state index is 12.2. The number of rotatable bonds is 3. The smallest absolute Gasteiger partial charge is 0.263 e. The molecule has 1 aliphatic rings. The summed E-state index contributed by atoms with van der Waals surface area (Å²) in [6.45, 7) is 8.37. The Hall–Kier alpha value is -1.13. The van der Waals surface area contributed by atoms with Crippen molar-refractivity contribution in [2.45, 2.75) is 6.42 Å². The molecule has 0 bridgehead atoms. The van der Waals surface area contributed by atoms with Crippen LogP contribution in [0.25, 0.3) is 0 Å². The predicted octanol–water partition coefficient (Wildman–Crippen LogP) is 2.08. The summed E-state index contributed by atoms with van der Waals surface area (Å²) in [4.78, 5) is 17.3. The summed E-state index contributed by atoms with van der Waals surface area (Å²) >= 11 is 1.52. The average Bonchev–Trinajstić information content (AvgIpc) is 2.76. The van der Waals surface area contributed by atoms with Crippen molar-refractivity contribution in [1.29, 1.82) is 0 Å². The first kappa shape index (κ1) is 12.3. The van der Waals surface area contributed by atoms with Crippen molar-refractivity contribution < 1.29 is 4.79 Å². The summed E-state index contributed by atoms with van der Waals surface area (Å²) in [6, 6.07) is 3.83. The minimum atomic E-state index is 0.181. The van der Waals surface area contributed by atoms with Gasteiger partial charge in [-0.2, -0.15) is 0 Å². The van der Waals surface area contributed by atoms with Crippen LogP contribution < -0.4 is 0 Å². The molecule has 0 spiro atoms. The maximum Gasteiger partial charge on any atom is 0.263 e. The van der Waals surface area contributed by atoms with Crippen LogP contribution in [0.5, 0.6) is 0 Å². The first-order valence-corrected chi connectivity index (χ1v) is 6.85. The molecule has 1 saturated heterocycles. The fourth-order valence-corrected chi connectivity index (χ4v) is 2.79. The lowest BCUT2D eigenvalue weighted by Gasteiger charge is -2.20. The third kappa shape index (κ3) is 3.17. The largest absolute Gasteiger partial charge is 0.337 e. The number of hydrogen-bond acceptors (Lipinski definition) is 3. The van der Waals surface area contributed by atoms with E-state index in [9.17, 15) is 4.79 Å². The van der Waals surface area contributed by atoms with Gasteiger partial charge in [0.1, 0.15) is 0 Å². The van der Waals surface area contributed by atoms with Crippen molar-refractivity contribution in [2.24, 2.45) is 0 Å². The van der Waals surface area contributed by atoms with Crippen LogP contribution in [-0.2, 0) is 0 Å². The van der Waals surface area contributed by atoms with Crippen LogP contribution in [0.15, 0.2) is 30.2 Å². The Morgan fingerprint density at radius 1 is 1.41 bits per heavy atom. The molecular weight excluding hydrogens is 232 g/mol. The molecule has 1 aromatic rings. The van der Waals surface area contributed by atoms with Gasteiger partial charge in [0.2, 0.25) is 0 Å². The van der Waals surface area contributed by atoms with Crippen LogP contribution in [-0.4, -0.2) is 48.4 Å². The van der Waals surface area contributed by atoms with Gasteiger partial charge in [-0.05, 0) is 17.9 Å². The second-order valence-corrected chi connectivity index (χ2v) is 5.16. The molecule has 0 atom stereocenters. The monoisotopic (exact) mass is 250 g/mol. The maximum atomic E-state index is 12.2. The Balaban J connectivity index is 1.94. The highest BCUT2D eigenvalue weighted by molar-refractivity contribution is 7.12. The average molecular weight is 250 g/mol. The number of carbonyl (C=O) groups is 1. The summed E-state index contributed by atoms with van der Waals surface area (Å²) in [5.74, 6) is 0.181. The Labute approximate surface area is 106 Å². The lowest BCUT2D eigenvalue weighted by molar-refractivity contribution is 0.0767. The minimum absolute atomic E-state index is 0.181. The van der Waals surface area contributed by atoms with E-state index in [0.29, 0.717) is 0 Å². The Morgan fingerprint density at radius 3 is 3.00 bits per heavy atom. The van der Waals surface area contributed by atoms with Gasteiger partial charge < -0.3 is 4.90 Å². The van der Waals surface area contributed by atoms with Gasteiger partial charge in [-0.15, -0.1) is 17.9 Å². The van der Waals surface area contributed by atoms with Crippen molar-refractivity contribution in [2.75, 3.05) is 32.7 Å². The summed E-state index contributed by atoms with van der Waals surface area (Å²) in [6.07, 6.45) is 2.97. The molecule has 0 aliphatic carbocycles. The molecule has 2 heterocycles. The van der Waals surface area contributed by atoms with Gasteiger partial charge in [-0.25, -0.2) is 0 Å². The fraction of sp³-hybridized carbons (Fsp3) is 0.462. The van der Waals surface area contributed by atoms with Gasteiger partial charge in [0.15, 0.2) is 0 Å². The van der Waals surface area contributed by atoms with Crippen molar-refractivity contribution >= 4 is 17.2 Å². The van der Waals surface area contributed by atoms with Crippen molar-refractivity contribution in [3.05, 3.63) is 35.0 Å². The molecule has 0 N–H and O–H groups in total. The molecule has 1 fully saturated rings. The molecule has 0 radical (unpaired) electrons. The highest BCUT2D eigenvalue weighted by Gasteiger charge is 2.20. The molecule has 0 unspecified atom stereocenters. The van der Waals surface area contributed by atoms with E-state index < -0.39 is 0 Å². The Bertz CT molecular complexity index is 375. The van der Waals surface area contributed by atoms with Crippen molar-refractivity contribution in [3.8, 4) is 0 Å². The van der Waals surface area contributed by atoms with Crippen LogP contribution in [0.4, 0.5) is 0 Å². The lowest BCUT2D eigenvalue weighted by atomic mass is 10.3. The molecule has 1 amide bonds. The summed E-state index contributed by atoms with van der Waals surface area (Å²) in [5.41, 5.74) is 0. The highest BCUT2D eigenvalue weighted by atomic mass is 32.1. The Morgan fingerprint density at radius 2 is 2.29 bits per heavy atom. The van der Waals surface area contributed by atoms with Gasteiger partial charge in [0.05, 0.1) is 4.88 Å².